The van der Waals surface area contributed by atoms with E-state index in [2.05, 4.69) is 19.2 Å². The Morgan fingerprint density at radius 1 is 1.16 bits per heavy atom. The topological polar surface area (TPSA) is 46.2 Å². The molecule has 1 aliphatic heterocycles. The lowest BCUT2D eigenvalue weighted by Crippen LogP contribution is -2.29. The highest BCUT2D eigenvalue weighted by atomic mass is 32.2. The largest absolute Gasteiger partial charge is 0.316 e. The van der Waals surface area contributed by atoms with Crippen LogP contribution in [0.1, 0.15) is 58.8 Å². The lowest BCUT2D eigenvalue weighted by molar-refractivity contribution is 0.315. The molecule has 0 aromatic heterocycles. The van der Waals surface area contributed by atoms with Crippen LogP contribution in [-0.2, 0) is 9.84 Å². The van der Waals surface area contributed by atoms with Gasteiger partial charge in [-0.15, -0.1) is 0 Å². The van der Waals surface area contributed by atoms with E-state index in [1.165, 1.54) is 32.1 Å². The van der Waals surface area contributed by atoms with Crippen molar-refractivity contribution >= 4 is 9.84 Å². The van der Waals surface area contributed by atoms with Crippen LogP contribution in [0.2, 0.25) is 0 Å². The molecule has 0 aliphatic carbocycles. The van der Waals surface area contributed by atoms with Gasteiger partial charge in [0.05, 0.1) is 11.5 Å². The van der Waals surface area contributed by atoms with E-state index < -0.39 is 9.84 Å². The van der Waals surface area contributed by atoms with Crippen molar-refractivity contribution in [3.05, 3.63) is 0 Å². The molecule has 0 radical (unpaired) electrons. The predicted octanol–water partition coefficient (Wildman–Crippen LogP) is 3.01. The van der Waals surface area contributed by atoms with E-state index in [9.17, 15) is 8.42 Å². The molecule has 1 heterocycles. The molecule has 2 atom stereocenters. The lowest BCUT2D eigenvalue weighted by atomic mass is 9.87. The first-order chi connectivity index (χ1) is 9.09. The normalized spacial score (nSPS) is 23.6. The quantitative estimate of drug-likeness (QED) is 0.629. The van der Waals surface area contributed by atoms with Crippen LogP contribution >= 0.6 is 0 Å². The van der Waals surface area contributed by atoms with Crippen molar-refractivity contribution in [1.29, 1.82) is 0 Å². The zero-order chi connectivity index (χ0) is 14.1. The van der Waals surface area contributed by atoms with E-state index in [0.29, 0.717) is 23.3 Å². The summed E-state index contributed by atoms with van der Waals surface area (Å²) >= 11 is 0. The number of nitrogens with one attached hydrogen (secondary N) is 1. The summed E-state index contributed by atoms with van der Waals surface area (Å²) in [6.07, 6.45) is 8.33. The Balaban J connectivity index is 2.39. The zero-order valence-corrected chi connectivity index (χ0v) is 13.5. The van der Waals surface area contributed by atoms with Crippen molar-refractivity contribution in [1.82, 2.24) is 5.32 Å². The number of unbranched alkanes of at least 4 members (excludes halogenated alkanes) is 3. The molecule has 1 aliphatic rings. The lowest BCUT2D eigenvalue weighted by Gasteiger charge is -2.23. The summed E-state index contributed by atoms with van der Waals surface area (Å²) in [5.74, 6) is 1.80. The Bertz CT molecular complexity index is 327. The second kappa shape index (κ2) is 8.96. The van der Waals surface area contributed by atoms with Gasteiger partial charge in [-0.2, -0.15) is 0 Å². The molecule has 2 unspecified atom stereocenters. The van der Waals surface area contributed by atoms with Gasteiger partial charge >= 0.3 is 0 Å². The molecular weight excluding hydrogens is 258 g/mol. The van der Waals surface area contributed by atoms with Gasteiger partial charge in [-0.1, -0.05) is 39.5 Å². The fourth-order valence-electron chi connectivity index (χ4n) is 3.00. The van der Waals surface area contributed by atoms with E-state index in [1.807, 2.05) is 0 Å². The summed E-state index contributed by atoms with van der Waals surface area (Å²) < 4.78 is 23.3. The highest BCUT2D eigenvalue weighted by Crippen LogP contribution is 2.29. The first-order valence-corrected chi connectivity index (χ1v) is 9.82. The summed E-state index contributed by atoms with van der Waals surface area (Å²) in [6, 6.07) is 0. The monoisotopic (exact) mass is 289 g/mol. The Morgan fingerprint density at radius 2 is 1.95 bits per heavy atom. The van der Waals surface area contributed by atoms with Gasteiger partial charge in [-0.05, 0) is 44.2 Å². The fraction of sp³-hybridized carbons (Fsp3) is 1.00. The smallest absolute Gasteiger partial charge is 0.150 e. The molecule has 1 N–H and O–H groups in total. The summed E-state index contributed by atoms with van der Waals surface area (Å²) in [4.78, 5) is 0. The molecule has 0 saturated carbocycles. The summed E-state index contributed by atoms with van der Waals surface area (Å²) in [5.41, 5.74) is 0. The van der Waals surface area contributed by atoms with Gasteiger partial charge in [-0.3, -0.25) is 0 Å². The van der Waals surface area contributed by atoms with Crippen LogP contribution in [0.15, 0.2) is 0 Å². The van der Waals surface area contributed by atoms with E-state index in [1.54, 1.807) is 0 Å². The van der Waals surface area contributed by atoms with E-state index >= 15 is 0 Å². The first kappa shape index (κ1) is 17.0. The third kappa shape index (κ3) is 6.75. The predicted molar refractivity (Wildman–Crippen MR) is 82.2 cm³/mol. The Kier molecular flexibility index (Phi) is 8.00. The van der Waals surface area contributed by atoms with Crippen LogP contribution in [0, 0.1) is 11.8 Å². The van der Waals surface area contributed by atoms with Gasteiger partial charge in [0.15, 0.2) is 9.84 Å². The molecule has 0 aromatic rings. The molecule has 0 bridgehead atoms. The maximum Gasteiger partial charge on any atom is 0.150 e. The maximum absolute atomic E-state index is 11.6. The molecule has 0 aromatic carbocycles. The van der Waals surface area contributed by atoms with Crippen LogP contribution in [0.25, 0.3) is 0 Å². The van der Waals surface area contributed by atoms with Crippen LogP contribution < -0.4 is 5.32 Å². The van der Waals surface area contributed by atoms with Gasteiger partial charge in [0.25, 0.3) is 0 Å². The standard InChI is InChI=1S/C15H31NO2S/c1-3-5-6-7-8-14(12-16-10-4-2)15-9-11-19(17,18)13-15/h14-16H,3-13H2,1-2H3. The van der Waals surface area contributed by atoms with E-state index in [-0.39, 0.29) is 0 Å². The highest BCUT2D eigenvalue weighted by molar-refractivity contribution is 7.91. The van der Waals surface area contributed by atoms with Crippen molar-refractivity contribution in [3.63, 3.8) is 0 Å². The van der Waals surface area contributed by atoms with Crippen molar-refractivity contribution in [2.45, 2.75) is 58.8 Å². The van der Waals surface area contributed by atoms with Crippen LogP contribution in [0.4, 0.5) is 0 Å². The third-order valence-electron chi connectivity index (χ3n) is 4.20. The molecule has 0 amide bonds. The number of hydrogen-bond donors (Lipinski definition) is 1. The Hall–Kier alpha value is -0.0900. The maximum atomic E-state index is 11.6. The third-order valence-corrected chi connectivity index (χ3v) is 5.99. The Labute approximate surface area is 119 Å². The van der Waals surface area contributed by atoms with Gasteiger partial charge in [0.2, 0.25) is 0 Å². The van der Waals surface area contributed by atoms with Crippen LogP contribution in [-0.4, -0.2) is 33.0 Å². The zero-order valence-electron chi connectivity index (χ0n) is 12.7. The molecular formula is C15H31NO2S. The number of sulfone groups is 1. The van der Waals surface area contributed by atoms with Crippen molar-refractivity contribution in [3.8, 4) is 0 Å². The molecule has 3 nitrogen and oxygen atoms in total. The van der Waals surface area contributed by atoms with Crippen molar-refractivity contribution in [2.24, 2.45) is 11.8 Å². The SMILES string of the molecule is CCCCCCC(CNCCC)C1CCS(=O)(=O)C1. The molecule has 4 heteroatoms. The second-order valence-corrected chi connectivity index (χ2v) is 8.21. The van der Waals surface area contributed by atoms with Gasteiger partial charge < -0.3 is 5.32 Å². The van der Waals surface area contributed by atoms with Gasteiger partial charge in [0.1, 0.15) is 0 Å². The van der Waals surface area contributed by atoms with E-state index in [0.717, 1.165) is 25.9 Å². The Morgan fingerprint density at radius 3 is 2.53 bits per heavy atom. The molecule has 19 heavy (non-hydrogen) atoms. The molecule has 1 fully saturated rings. The second-order valence-electron chi connectivity index (χ2n) is 5.98. The minimum Gasteiger partial charge on any atom is -0.316 e. The highest BCUT2D eigenvalue weighted by Gasteiger charge is 2.32. The molecule has 1 saturated heterocycles. The number of rotatable bonds is 10. The first-order valence-electron chi connectivity index (χ1n) is 8.00. The summed E-state index contributed by atoms with van der Waals surface area (Å²) in [6.45, 7) is 6.44. The molecule has 1 rings (SSSR count). The average molecular weight is 289 g/mol. The average Bonchev–Trinajstić information content (AvgIpc) is 2.73. The van der Waals surface area contributed by atoms with Crippen molar-refractivity contribution in [2.75, 3.05) is 24.6 Å². The molecule has 0 spiro atoms. The van der Waals surface area contributed by atoms with Gasteiger partial charge in [-0.25, -0.2) is 8.42 Å². The van der Waals surface area contributed by atoms with Crippen LogP contribution in [0.3, 0.4) is 0 Å². The summed E-state index contributed by atoms with van der Waals surface area (Å²) in [5, 5.41) is 3.49. The minimum atomic E-state index is -2.73. The van der Waals surface area contributed by atoms with Gasteiger partial charge in [0, 0.05) is 0 Å². The fourth-order valence-corrected chi connectivity index (χ4v) is 4.92. The van der Waals surface area contributed by atoms with E-state index in [4.69, 9.17) is 0 Å². The molecule has 114 valence electrons. The minimum absolute atomic E-state index is 0.399. The number of hydrogen-bond acceptors (Lipinski definition) is 3. The van der Waals surface area contributed by atoms with Crippen molar-refractivity contribution < 1.29 is 8.42 Å². The summed E-state index contributed by atoms with van der Waals surface area (Å²) in [7, 11) is -2.73. The van der Waals surface area contributed by atoms with Crippen LogP contribution in [0.5, 0.6) is 0 Å².